The molecule has 0 saturated heterocycles. The van der Waals surface area contributed by atoms with E-state index in [1.54, 1.807) is 11.8 Å². The van der Waals surface area contributed by atoms with Crippen molar-refractivity contribution < 1.29 is 9.53 Å². The molecular formula is C4H8O2S. The van der Waals surface area contributed by atoms with Gasteiger partial charge in [0.1, 0.15) is 5.94 Å². The lowest BCUT2D eigenvalue weighted by Crippen LogP contribution is -1.84. The Labute approximate surface area is 47.2 Å². The molecule has 0 radical (unpaired) electrons. The summed E-state index contributed by atoms with van der Waals surface area (Å²) in [5.74, 6) is 1.48. The zero-order valence-corrected chi connectivity index (χ0v) is 5.03. The molecule has 0 bridgehead atoms. The lowest BCUT2D eigenvalue weighted by Gasteiger charge is -1.90. The maximum Gasteiger partial charge on any atom is 0.293 e. The maximum atomic E-state index is 9.44. The van der Waals surface area contributed by atoms with Gasteiger partial charge < -0.3 is 4.74 Å². The van der Waals surface area contributed by atoms with Crippen molar-refractivity contribution in [3.8, 4) is 0 Å². The second-order valence-corrected chi connectivity index (χ2v) is 2.09. The Bertz CT molecular complexity index is 47.0. The van der Waals surface area contributed by atoms with Crippen molar-refractivity contribution in [2.24, 2.45) is 0 Å². The highest BCUT2D eigenvalue weighted by Crippen LogP contribution is 1.95. The average Bonchev–Trinajstić information content (AvgIpc) is 1.69. The van der Waals surface area contributed by atoms with Crippen molar-refractivity contribution in [3.05, 3.63) is 0 Å². The molecule has 0 N–H and O–H groups in total. The van der Waals surface area contributed by atoms with Gasteiger partial charge in [0, 0.05) is 0 Å². The van der Waals surface area contributed by atoms with Crippen molar-refractivity contribution in [2.45, 2.75) is 6.92 Å². The van der Waals surface area contributed by atoms with Gasteiger partial charge in [-0.1, -0.05) is 6.92 Å². The SMILES string of the molecule is CCSCOC=O. The Morgan fingerprint density at radius 1 is 1.86 bits per heavy atom. The normalized spacial score (nSPS) is 8.14. The van der Waals surface area contributed by atoms with E-state index in [0.29, 0.717) is 12.4 Å². The first kappa shape index (κ1) is 6.82. The van der Waals surface area contributed by atoms with Crippen LogP contribution in [0.5, 0.6) is 0 Å². The molecule has 0 unspecified atom stereocenters. The maximum absolute atomic E-state index is 9.44. The van der Waals surface area contributed by atoms with E-state index in [4.69, 9.17) is 0 Å². The molecule has 0 aliphatic rings. The summed E-state index contributed by atoms with van der Waals surface area (Å²) in [5.41, 5.74) is 0. The number of carbonyl (C=O) groups is 1. The van der Waals surface area contributed by atoms with Gasteiger partial charge in [-0.05, 0) is 5.75 Å². The zero-order chi connectivity index (χ0) is 5.54. The summed E-state index contributed by atoms with van der Waals surface area (Å²) in [7, 11) is 0. The van der Waals surface area contributed by atoms with Crippen LogP contribution >= 0.6 is 11.8 Å². The highest BCUT2D eigenvalue weighted by molar-refractivity contribution is 7.99. The molecule has 0 rings (SSSR count). The topological polar surface area (TPSA) is 26.3 Å². The molecule has 0 aromatic rings. The first-order chi connectivity index (χ1) is 3.41. The Balaban J connectivity index is 2.56. The van der Waals surface area contributed by atoms with Crippen LogP contribution in [0.2, 0.25) is 0 Å². The van der Waals surface area contributed by atoms with E-state index in [1.165, 1.54) is 0 Å². The minimum Gasteiger partial charge on any atom is -0.457 e. The second-order valence-electron chi connectivity index (χ2n) is 0.874. The van der Waals surface area contributed by atoms with Crippen LogP contribution in [-0.2, 0) is 9.53 Å². The first-order valence-electron chi connectivity index (χ1n) is 2.04. The smallest absolute Gasteiger partial charge is 0.293 e. The summed E-state index contributed by atoms with van der Waals surface area (Å²) < 4.78 is 4.36. The van der Waals surface area contributed by atoms with Crippen LogP contribution in [-0.4, -0.2) is 18.2 Å². The van der Waals surface area contributed by atoms with Crippen LogP contribution in [0.4, 0.5) is 0 Å². The van der Waals surface area contributed by atoms with Crippen molar-refractivity contribution in [2.75, 3.05) is 11.7 Å². The monoisotopic (exact) mass is 120 g/mol. The molecule has 3 heteroatoms. The van der Waals surface area contributed by atoms with Crippen molar-refractivity contribution in [1.82, 2.24) is 0 Å². The molecule has 0 aromatic heterocycles. The Kier molecular flexibility index (Phi) is 5.67. The molecule has 2 nitrogen and oxygen atoms in total. The Morgan fingerprint density at radius 2 is 2.57 bits per heavy atom. The molecule has 0 aliphatic carbocycles. The predicted molar refractivity (Wildman–Crippen MR) is 30.1 cm³/mol. The van der Waals surface area contributed by atoms with Gasteiger partial charge in [0.2, 0.25) is 0 Å². The number of hydrogen-bond acceptors (Lipinski definition) is 3. The van der Waals surface area contributed by atoms with E-state index < -0.39 is 0 Å². The molecule has 7 heavy (non-hydrogen) atoms. The van der Waals surface area contributed by atoms with Gasteiger partial charge in [0.25, 0.3) is 6.47 Å². The second kappa shape index (κ2) is 5.82. The van der Waals surface area contributed by atoms with E-state index in [2.05, 4.69) is 4.74 Å². The fourth-order valence-corrected chi connectivity index (χ4v) is 0.478. The van der Waals surface area contributed by atoms with Gasteiger partial charge >= 0.3 is 0 Å². The highest BCUT2D eigenvalue weighted by atomic mass is 32.2. The summed E-state index contributed by atoms with van der Waals surface area (Å²) in [5, 5.41) is 0. The van der Waals surface area contributed by atoms with E-state index in [-0.39, 0.29) is 0 Å². The number of ether oxygens (including phenoxy) is 1. The molecule has 42 valence electrons. The minimum atomic E-state index is 0.461. The highest BCUT2D eigenvalue weighted by Gasteiger charge is 1.77. The Morgan fingerprint density at radius 3 is 3.00 bits per heavy atom. The van der Waals surface area contributed by atoms with Crippen LogP contribution in [0.1, 0.15) is 6.92 Å². The summed E-state index contributed by atoms with van der Waals surface area (Å²) in [6.45, 7) is 2.47. The third kappa shape index (κ3) is 5.82. The molecule has 0 aliphatic heterocycles. The van der Waals surface area contributed by atoms with E-state index in [1.807, 2.05) is 6.92 Å². The number of hydrogen-bond donors (Lipinski definition) is 0. The number of rotatable bonds is 4. The zero-order valence-electron chi connectivity index (χ0n) is 4.22. The third-order valence-corrected chi connectivity index (χ3v) is 1.13. The minimum absolute atomic E-state index is 0.461. The quantitative estimate of drug-likeness (QED) is 0.313. The van der Waals surface area contributed by atoms with Crippen LogP contribution in [0, 0.1) is 0 Å². The van der Waals surface area contributed by atoms with Crippen LogP contribution in [0.3, 0.4) is 0 Å². The third-order valence-electron chi connectivity index (χ3n) is 0.424. The predicted octanol–water partition coefficient (Wildman–Crippen LogP) is 0.870. The molecule has 0 atom stereocenters. The van der Waals surface area contributed by atoms with Gasteiger partial charge in [-0.2, -0.15) is 0 Å². The van der Waals surface area contributed by atoms with Crippen molar-refractivity contribution in [1.29, 1.82) is 0 Å². The first-order valence-corrected chi connectivity index (χ1v) is 3.20. The molecule has 0 amide bonds. The Hall–Kier alpha value is -0.180. The van der Waals surface area contributed by atoms with Gasteiger partial charge in [-0.25, -0.2) is 0 Å². The van der Waals surface area contributed by atoms with E-state index >= 15 is 0 Å². The van der Waals surface area contributed by atoms with E-state index in [0.717, 1.165) is 5.75 Å². The molecule has 0 aromatic carbocycles. The largest absolute Gasteiger partial charge is 0.457 e. The van der Waals surface area contributed by atoms with Crippen LogP contribution in [0.15, 0.2) is 0 Å². The molecule has 0 fully saturated rings. The summed E-state index contributed by atoms with van der Waals surface area (Å²) in [6, 6.07) is 0. The fraction of sp³-hybridized carbons (Fsp3) is 0.750. The molecule has 0 spiro atoms. The van der Waals surface area contributed by atoms with Crippen LogP contribution in [0.25, 0.3) is 0 Å². The van der Waals surface area contributed by atoms with Gasteiger partial charge in [-0.15, -0.1) is 11.8 Å². The van der Waals surface area contributed by atoms with Gasteiger partial charge in [0.15, 0.2) is 0 Å². The van der Waals surface area contributed by atoms with E-state index in [9.17, 15) is 4.79 Å². The molecular weight excluding hydrogens is 112 g/mol. The molecule has 0 saturated carbocycles. The average molecular weight is 120 g/mol. The van der Waals surface area contributed by atoms with Crippen LogP contribution < -0.4 is 0 Å². The summed E-state index contributed by atoms with van der Waals surface area (Å²) in [4.78, 5) is 9.44. The summed E-state index contributed by atoms with van der Waals surface area (Å²) in [6.07, 6.45) is 0. The molecule has 0 heterocycles. The van der Waals surface area contributed by atoms with Crippen molar-refractivity contribution >= 4 is 18.2 Å². The lowest BCUT2D eigenvalue weighted by molar-refractivity contribution is -0.126. The fourth-order valence-electron chi connectivity index (χ4n) is 0.159. The lowest BCUT2D eigenvalue weighted by atomic mass is 11.0. The van der Waals surface area contributed by atoms with Gasteiger partial charge in [0.05, 0.1) is 0 Å². The van der Waals surface area contributed by atoms with Crippen molar-refractivity contribution in [3.63, 3.8) is 0 Å². The number of thioether (sulfide) groups is 1. The number of carbonyl (C=O) groups excluding carboxylic acids is 1. The standard InChI is InChI=1S/C4H8O2S/c1-2-7-4-6-3-5/h3H,2,4H2,1H3. The van der Waals surface area contributed by atoms with Gasteiger partial charge in [-0.3, -0.25) is 4.79 Å². The summed E-state index contributed by atoms with van der Waals surface area (Å²) >= 11 is 1.58.